The average molecular weight is 349 g/mol. The molecule has 0 atom stereocenters. The number of aromatic amines is 1. The highest BCUT2D eigenvalue weighted by molar-refractivity contribution is 5.97. The normalized spacial score (nSPS) is 11.7. The molecule has 3 rings (SSSR count). The van der Waals surface area contributed by atoms with Crippen molar-refractivity contribution in [2.75, 3.05) is 6.61 Å². The predicted molar refractivity (Wildman–Crippen MR) is 84.5 cm³/mol. The lowest BCUT2D eigenvalue weighted by Gasteiger charge is -2.11. The van der Waals surface area contributed by atoms with E-state index >= 15 is 0 Å². The summed E-state index contributed by atoms with van der Waals surface area (Å²) in [5, 5.41) is 7.50. The summed E-state index contributed by atoms with van der Waals surface area (Å²) < 4.78 is 43.8. The Labute approximate surface area is 140 Å². The molecule has 0 aliphatic carbocycles. The molecule has 1 aromatic carbocycles. The van der Waals surface area contributed by atoms with E-state index in [1.54, 1.807) is 25.3 Å². The maximum atomic E-state index is 12.8. The van der Waals surface area contributed by atoms with Crippen LogP contribution < -0.4 is 4.74 Å². The van der Waals surface area contributed by atoms with Crippen LogP contribution in [0.25, 0.3) is 10.9 Å². The number of pyridine rings is 1. The standard InChI is InChI=1S/C17H14F3N3O2/c1-2-25-15-8-13-11(9-21-23-13)6-10(15)7-14(24)12-4-3-5-16(22-12)17(18,19)20/h3-6,8-9H,2,7H2,1H3,(H,21,23). The first-order chi connectivity index (χ1) is 11.9. The Kier molecular flexibility index (Phi) is 4.43. The number of hydrogen-bond donors (Lipinski definition) is 1. The zero-order chi connectivity index (χ0) is 18.0. The third kappa shape index (κ3) is 3.62. The number of ether oxygens (including phenoxy) is 1. The van der Waals surface area contributed by atoms with Gasteiger partial charge in [0.25, 0.3) is 0 Å². The maximum absolute atomic E-state index is 12.8. The highest BCUT2D eigenvalue weighted by Crippen LogP contribution is 2.29. The Hall–Kier alpha value is -2.90. The van der Waals surface area contributed by atoms with E-state index in [2.05, 4.69) is 15.2 Å². The van der Waals surface area contributed by atoms with Crippen LogP contribution in [0, 0.1) is 0 Å². The number of H-pyrrole nitrogens is 1. The smallest absolute Gasteiger partial charge is 0.433 e. The molecule has 0 radical (unpaired) electrons. The zero-order valence-electron chi connectivity index (χ0n) is 13.2. The van der Waals surface area contributed by atoms with Gasteiger partial charge < -0.3 is 4.74 Å². The third-order valence-corrected chi connectivity index (χ3v) is 3.60. The van der Waals surface area contributed by atoms with Gasteiger partial charge in [-0.05, 0) is 25.1 Å². The lowest BCUT2D eigenvalue weighted by atomic mass is 10.0. The first kappa shape index (κ1) is 16.9. The second-order valence-corrected chi connectivity index (χ2v) is 5.36. The molecule has 0 fully saturated rings. The van der Waals surface area contributed by atoms with Crippen molar-refractivity contribution in [2.45, 2.75) is 19.5 Å². The minimum atomic E-state index is -4.59. The van der Waals surface area contributed by atoms with E-state index in [1.807, 2.05) is 0 Å². The van der Waals surface area contributed by atoms with Crippen LogP contribution >= 0.6 is 0 Å². The molecule has 5 nitrogen and oxygen atoms in total. The number of alkyl halides is 3. The molecule has 130 valence electrons. The highest BCUT2D eigenvalue weighted by atomic mass is 19.4. The number of hydrogen-bond acceptors (Lipinski definition) is 4. The molecule has 0 saturated heterocycles. The first-order valence-electron chi connectivity index (χ1n) is 7.54. The zero-order valence-corrected chi connectivity index (χ0v) is 13.2. The number of ketones is 1. The number of Topliss-reactive ketones (excluding diaryl/α,β-unsaturated/α-hetero) is 1. The van der Waals surface area contributed by atoms with Gasteiger partial charge in [-0.15, -0.1) is 0 Å². The largest absolute Gasteiger partial charge is 0.494 e. The van der Waals surface area contributed by atoms with Crippen molar-refractivity contribution in [1.29, 1.82) is 0 Å². The fourth-order valence-corrected chi connectivity index (χ4v) is 2.46. The van der Waals surface area contributed by atoms with Crippen molar-refractivity contribution in [1.82, 2.24) is 15.2 Å². The fourth-order valence-electron chi connectivity index (χ4n) is 2.46. The molecule has 0 amide bonds. The third-order valence-electron chi connectivity index (χ3n) is 3.60. The van der Waals surface area contributed by atoms with Gasteiger partial charge in [0.2, 0.25) is 0 Å². The monoisotopic (exact) mass is 349 g/mol. The summed E-state index contributed by atoms with van der Waals surface area (Å²) >= 11 is 0. The van der Waals surface area contributed by atoms with E-state index in [1.165, 1.54) is 12.1 Å². The number of nitrogens with one attached hydrogen (secondary N) is 1. The summed E-state index contributed by atoms with van der Waals surface area (Å²) in [6.45, 7) is 2.19. The Morgan fingerprint density at radius 2 is 2.08 bits per heavy atom. The van der Waals surface area contributed by atoms with Crippen molar-refractivity contribution in [3.05, 3.63) is 53.5 Å². The molecule has 1 N–H and O–H groups in total. The number of nitrogens with zero attached hydrogens (tertiary/aromatic N) is 2. The van der Waals surface area contributed by atoms with Gasteiger partial charge in [-0.1, -0.05) is 6.07 Å². The van der Waals surface area contributed by atoms with Gasteiger partial charge in [-0.3, -0.25) is 9.89 Å². The molecule has 0 bridgehead atoms. The summed E-state index contributed by atoms with van der Waals surface area (Å²) in [7, 11) is 0. The first-order valence-corrected chi connectivity index (χ1v) is 7.54. The molecule has 0 aliphatic rings. The summed E-state index contributed by atoms with van der Waals surface area (Å²) in [4.78, 5) is 15.8. The molecule has 25 heavy (non-hydrogen) atoms. The van der Waals surface area contributed by atoms with Crippen molar-refractivity contribution >= 4 is 16.7 Å². The lowest BCUT2D eigenvalue weighted by molar-refractivity contribution is -0.141. The van der Waals surface area contributed by atoms with Crippen LogP contribution in [0.5, 0.6) is 5.75 Å². The van der Waals surface area contributed by atoms with E-state index in [-0.39, 0.29) is 12.1 Å². The predicted octanol–water partition coefficient (Wildman–Crippen LogP) is 3.80. The number of halogens is 3. The molecule has 2 aromatic heterocycles. The quantitative estimate of drug-likeness (QED) is 0.712. The van der Waals surface area contributed by atoms with Gasteiger partial charge in [-0.2, -0.15) is 18.3 Å². The average Bonchev–Trinajstić information content (AvgIpc) is 3.02. The van der Waals surface area contributed by atoms with Crippen molar-refractivity contribution in [3.8, 4) is 5.75 Å². The topological polar surface area (TPSA) is 67.9 Å². The highest BCUT2D eigenvalue weighted by Gasteiger charge is 2.33. The maximum Gasteiger partial charge on any atom is 0.433 e. The van der Waals surface area contributed by atoms with E-state index < -0.39 is 17.7 Å². The molecule has 8 heteroatoms. The molecule has 0 saturated carbocycles. The van der Waals surface area contributed by atoms with Crippen LogP contribution in [0.15, 0.2) is 36.5 Å². The Bertz CT molecular complexity index is 919. The number of carbonyl (C=O) groups is 1. The van der Waals surface area contributed by atoms with Crippen LogP contribution in [-0.4, -0.2) is 27.6 Å². The Morgan fingerprint density at radius 1 is 1.28 bits per heavy atom. The molecular weight excluding hydrogens is 335 g/mol. The number of rotatable bonds is 5. The number of benzene rings is 1. The molecular formula is C17H14F3N3O2. The van der Waals surface area contributed by atoms with Gasteiger partial charge in [0.1, 0.15) is 17.1 Å². The summed E-state index contributed by atoms with van der Waals surface area (Å²) in [6, 6.07) is 6.73. The van der Waals surface area contributed by atoms with E-state index in [9.17, 15) is 18.0 Å². The number of fused-ring (bicyclic) bond motifs is 1. The SMILES string of the molecule is CCOc1cc2[nH]ncc2cc1CC(=O)c1cccc(C(F)(F)F)n1. The van der Waals surface area contributed by atoms with E-state index in [4.69, 9.17) is 4.74 Å². The van der Waals surface area contributed by atoms with Gasteiger partial charge in [0, 0.05) is 23.4 Å². The van der Waals surface area contributed by atoms with Crippen LogP contribution in [0.1, 0.15) is 28.7 Å². The minimum Gasteiger partial charge on any atom is -0.494 e. The number of carbonyl (C=O) groups excluding carboxylic acids is 1. The molecule has 2 heterocycles. The van der Waals surface area contributed by atoms with Crippen LogP contribution in [0.4, 0.5) is 13.2 Å². The summed E-state index contributed by atoms with van der Waals surface area (Å²) in [5.41, 5.74) is -0.00460. The van der Waals surface area contributed by atoms with Crippen molar-refractivity contribution in [3.63, 3.8) is 0 Å². The van der Waals surface area contributed by atoms with Crippen molar-refractivity contribution in [2.24, 2.45) is 0 Å². The fraction of sp³-hybridized carbons (Fsp3) is 0.235. The molecule has 3 aromatic rings. The van der Waals surface area contributed by atoms with Gasteiger partial charge >= 0.3 is 6.18 Å². The molecule has 0 aliphatic heterocycles. The number of aromatic nitrogens is 3. The Morgan fingerprint density at radius 3 is 2.80 bits per heavy atom. The van der Waals surface area contributed by atoms with Gasteiger partial charge in [0.05, 0.1) is 18.3 Å². The summed E-state index contributed by atoms with van der Waals surface area (Å²) in [5.74, 6) is -0.0329. The van der Waals surface area contributed by atoms with Gasteiger partial charge in [-0.25, -0.2) is 4.98 Å². The van der Waals surface area contributed by atoms with E-state index in [0.29, 0.717) is 17.9 Å². The second-order valence-electron chi connectivity index (χ2n) is 5.36. The molecule has 0 spiro atoms. The Balaban J connectivity index is 1.92. The van der Waals surface area contributed by atoms with Crippen LogP contribution in [0.3, 0.4) is 0 Å². The van der Waals surface area contributed by atoms with Crippen LogP contribution in [0.2, 0.25) is 0 Å². The summed E-state index contributed by atoms with van der Waals surface area (Å²) in [6.07, 6.45) is -3.12. The lowest BCUT2D eigenvalue weighted by Crippen LogP contribution is -2.13. The van der Waals surface area contributed by atoms with Crippen molar-refractivity contribution < 1.29 is 22.7 Å². The second kappa shape index (κ2) is 6.54. The minimum absolute atomic E-state index is 0.120. The van der Waals surface area contributed by atoms with Gasteiger partial charge in [0.15, 0.2) is 5.78 Å². The molecule has 0 unspecified atom stereocenters. The van der Waals surface area contributed by atoms with Crippen LogP contribution in [-0.2, 0) is 12.6 Å². The van der Waals surface area contributed by atoms with E-state index in [0.717, 1.165) is 17.0 Å².